The summed E-state index contributed by atoms with van der Waals surface area (Å²) in [6.07, 6.45) is 3.59. The first kappa shape index (κ1) is 13.3. The molecule has 0 fully saturated rings. The van der Waals surface area contributed by atoms with Gasteiger partial charge in [-0.25, -0.2) is 0 Å². The van der Waals surface area contributed by atoms with E-state index in [1.54, 1.807) is 0 Å². The lowest BCUT2D eigenvalue weighted by Crippen LogP contribution is -2.08. The van der Waals surface area contributed by atoms with Crippen LogP contribution in [0.4, 0.5) is 0 Å². The van der Waals surface area contributed by atoms with Crippen molar-refractivity contribution in [3.05, 3.63) is 42.1 Å². The van der Waals surface area contributed by atoms with Crippen LogP contribution in [0.5, 0.6) is 0 Å². The van der Waals surface area contributed by atoms with E-state index in [9.17, 15) is 0 Å². The minimum Gasteiger partial charge on any atom is -0.382 e. The van der Waals surface area contributed by atoms with Gasteiger partial charge in [0.05, 0.1) is 5.52 Å². The fraction of sp³-hybridized carbons (Fsp3) is 0.400. The summed E-state index contributed by atoms with van der Waals surface area (Å²) in [5.74, 6) is 0. The number of para-hydroxylation sites is 1. The Balaban J connectivity index is 2.07. The standard InChI is InChI=1S/C15H18ClNO/c1-2-18-10-8-13(16)11-12-7-9-17-15-6-4-3-5-14(12)15/h3-7,9,13H,2,8,10-11H2,1H3. The largest absolute Gasteiger partial charge is 0.382 e. The molecule has 0 bridgehead atoms. The number of nitrogens with zero attached hydrogens (tertiary/aromatic N) is 1. The molecule has 0 aliphatic heterocycles. The van der Waals surface area contributed by atoms with Crippen LogP contribution in [0, 0.1) is 0 Å². The van der Waals surface area contributed by atoms with Crippen molar-refractivity contribution in [2.45, 2.75) is 25.1 Å². The first-order valence-corrected chi connectivity index (χ1v) is 6.79. The van der Waals surface area contributed by atoms with E-state index in [2.05, 4.69) is 17.1 Å². The fourth-order valence-corrected chi connectivity index (χ4v) is 2.28. The Morgan fingerprint density at radius 3 is 2.94 bits per heavy atom. The molecule has 1 heterocycles. The summed E-state index contributed by atoms with van der Waals surface area (Å²) in [5, 5.41) is 1.31. The van der Waals surface area contributed by atoms with E-state index in [1.165, 1.54) is 10.9 Å². The van der Waals surface area contributed by atoms with Crippen molar-refractivity contribution in [3.8, 4) is 0 Å². The zero-order chi connectivity index (χ0) is 12.8. The highest BCUT2D eigenvalue weighted by atomic mass is 35.5. The van der Waals surface area contributed by atoms with Crippen LogP contribution in [0.15, 0.2) is 36.5 Å². The molecule has 2 aromatic rings. The lowest BCUT2D eigenvalue weighted by Gasteiger charge is -2.11. The molecular formula is C15H18ClNO. The van der Waals surface area contributed by atoms with Gasteiger partial charge < -0.3 is 4.74 Å². The third kappa shape index (κ3) is 3.44. The molecule has 0 saturated heterocycles. The van der Waals surface area contributed by atoms with E-state index in [-0.39, 0.29) is 5.38 Å². The predicted molar refractivity (Wildman–Crippen MR) is 76.2 cm³/mol. The lowest BCUT2D eigenvalue weighted by atomic mass is 10.0. The number of halogens is 1. The van der Waals surface area contributed by atoms with Crippen LogP contribution < -0.4 is 0 Å². The van der Waals surface area contributed by atoms with Gasteiger partial charge in [0, 0.05) is 30.2 Å². The first-order valence-electron chi connectivity index (χ1n) is 6.35. The molecule has 18 heavy (non-hydrogen) atoms. The Hall–Kier alpha value is -1.12. The molecule has 0 radical (unpaired) electrons. The van der Waals surface area contributed by atoms with Crippen LogP contribution in [0.2, 0.25) is 0 Å². The minimum atomic E-state index is 0.113. The monoisotopic (exact) mass is 263 g/mol. The SMILES string of the molecule is CCOCCC(Cl)Cc1ccnc2ccccc12. The Labute approximate surface area is 113 Å². The molecular weight excluding hydrogens is 246 g/mol. The molecule has 1 aromatic heterocycles. The summed E-state index contributed by atoms with van der Waals surface area (Å²) in [6.45, 7) is 3.48. The van der Waals surface area contributed by atoms with Gasteiger partial charge in [0.25, 0.3) is 0 Å². The maximum Gasteiger partial charge on any atom is 0.0704 e. The van der Waals surface area contributed by atoms with Crippen LogP contribution in [0.3, 0.4) is 0 Å². The summed E-state index contributed by atoms with van der Waals surface area (Å²) in [7, 11) is 0. The summed E-state index contributed by atoms with van der Waals surface area (Å²) in [6, 6.07) is 10.2. The molecule has 0 aliphatic rings. The zero-order valence-electron chi connectivity index (χ0n) is 10.6. The number of alkyl halides is 1. The topological polar surface area (TPSA) is 22.1 Å². The second kappa shape index (κ2) is 6.72. The molecule has 0 N–H and O–H groups in total. The van der Waals surface area contributed by atoms with Gasteiger partial charge in [0.15, 0.2) is 0 Å². The molecule has 2 nitrogen and oxygen atoms in total. The van der Waals surface area contributed by atoms with Gasteiger partial charge in [-0.3, -0.25) is 4.98 Å². The molecule has 1 atom stereocenters. The third-order valence-corrected chi connectivity index (χ3v) is 3.33. The minimum absolute atomic E-state index is 0.113. The maximum absolute atomic E-state index is 6.35. The zero-order valence-corrected chi connectivity index (χ0v) is 11.4. The number of ether oxygens (including phenoxy) is 1. The Morgan fingerprint density at radius 1 is 1.28 bits per heavy atom. The van der Waals surface area contributed by atoms with Crippen molar-refractivity contribution >= 4 is 22.5 Å². The van der Waals surface area contributed by atoms with Crippen LogP contribution in [-0.2, 0) is 11.2 Å². The smallest absolute Gasteiger partial charge is 0.0704 e. The van der Waals surface area contributed by atoms with E-state index < -0.39 is 0 Å². The number of rotatable bonds is 6. The summed E-state index contributed by atoms with van der Waals surface area (Å²) in [5.41, 5.74) is 2.29. The average molecular weight is 264 g/mol. The van der Waals surface area contributed by atoms with Gasteiger partial charge in [-0.2, -0.15) is 0 Å². The molecule has 2 rings (SSSR count). The number of aromatic nitrogens is 1. The molecule has 0 aliphatic carbocycles. The first-order chi connectivity index (χ1) is 8.81. The summed E-state index contributed by atoms with van der Waals surface area (Å²) in [4.78, 5) is 4.36. The van der Waals surface area contributed by atoms with Gasteiger partial charge in [-0.1, -0.05) is 18.2 Å². The Bertz CT molecular complexity index is 495. The second-order valence-electron chi connectivity index (χ2n) is 4.27. The van der Waals surface area contributed by atoms with Gasteiger partial charge in [-0.15, -0.1) is 11.6 Å². The number of pyridine rings is 1. The van der Waals surface area contributed by atoms with Crippen molar-refractivity contribution in [2.24, 2.45) is 0 Å². The number of benzene rings is 1. The number of fused-ring (bicyclic) bond motifs is 1. The van der Waals surface area contributed by atoms with Gasteiger partial charge in [0.2, 0.25) is 0 Å². The molecule has 96 valence electrons. The molecule has 1 unspecified atom stereocenters. The van der Waals surface area contributed by atoms with E-state index in [0.717, 1.165) is 31.6 Å². The van der Waals surface area contributed by atoms with Crippen LogP contribution in [0.25, 0.3) is 10.9 Å². The molecule has 0 spiro atoms. The van der Waals surface area contributed by atoms with E-state index >= 15 is 0 Å². The lowest BCUT2D eigenvalue weighted by molar-refractivity contribution is 0.144. The van der Waals surface area contributed by atoms with Crippen molar-refractivity contribution in [1.82, 2.24) is 4.98 Å². The van der Waals surface area contributed by atoms with Crippen LogP contribution in [-0.4, -0.2) is 23.6 Å². The molecule has 3 heteroatoms. The summed E-state index contributed by atoms with van der Waals surface area (Å²) < 4.78 is 5.33. The number of hydrogen-bond acceptors (Lipinski definition) is 2. The normalized spacial score (nSPS) is 12.8. The van der Waals surface area contributed by atoms with E-state index in [1.807, 2.05) is 31.3 Å². The average Bonchev–Trinajstić information content (AvgIpc) is 2.39. The van der Waals surface area contributed by atoms with Crippen LogP contribution in [0.1, 0.15) is 18.9 Å². The van der Waals surface area contributed by atoms with E-state index in [0.29, 0.717) is 0 Å². The highest BCUT2D eigenvalue weighted by Crippen LogP contribution is 2.20. The Morgan fingerprint density at radius 2 is 2.11 bits per heavy atom. The summed E-state index contributed by atoms with van der Waals surface area (Å²) >= 11 is 6.35. The molecule has 0 amide bonds. The van der Waals surface area contributed by atoms with Crippen molar-refractivity contribution in [2.75, 3.05) is 13.2 Å². The maximum atomic E-state index is 6.35. The quantitative estimate of drug-likeness (QED) is 0.584. The van der Waals surface area contributed by atoms with Gasteiger partial charge in [-0.05, 0) is 37.5 Å². The molecule has 0 saturated carbocycles. The fourth-order valence-electron chi connectivity index (χ4n) is 2.03. The highest BCUT2D eigenvalue weighted by molar-refractivity contribution is 6.20. The van der Waals surface area contributed by atoms with Crippen LogP contribution >= 0.6 is 11.6 Å². The van der Waals surface area contributed by atoms with Crippen molar-refractivity contribution < 1.29 is 4.74 Å². The van der Waals surface area contributed by atoms with E-state index in [4.69, 9.17) is 16.3 Å². The van der Waals surface area contributed by atoms with Crippen molar-refractivity contribution in [3.63, 3.8) is 0 Å². The number of hydrogen-bond donors (Lipinski definition) is 0. The van der Waals surface area contributed by atoms with Gasteiger partial charge in [0.1, 0.15) is 0 Å². The second-order valence-corrected chi connectivity index (χ2v) is 4.89. The third-order valence-electron chi connectivity index (χ3n) is 2.96. The highest BCUT2D eigenvalue weighted by Gasteiger charge is 2.08. The van der Waals surface area contributed by atoms with Crippen molar-refractivity contribution in [1.29, 1.82) is 0 Å². The van der Waals surface area contributed by atoms with Gasteiger partial charge >= 0.3 is 0 Å². The predicted octanol–water partition coefficient (Wildman–Crippen LogP) is 3.81. The molecule has 1 aromatic carbocycles. The Kier molecular flexibility index (Phi) is 4.97.